The topological polar surface area (TPSA) is 38.7 Å². The first-order chi connectivity index (χ1) is 22.9. The van der Waals surface area contributed by atoms with Crippen molar-refractivity contribution in [2.45, 2.75) is 37.1 Å². The molecule has 0 bridgehead atoms. The number of alkyl halides is 3. The summed E-state index contributed by atoms with van der Waals surface area (Å²) < 4.78 is 10.4. The average molecular weight is 696 g/mol. The van der Waals surface area contributed by atoms with Crippen LogP contribution in [0.25, 0.3) is 0 Å². The van der Waals surface area contributed by atoms with Crippen LogP contribution in [0.5, 0.6) is 23.0 Å². The zero-order valence-electron chi connectivity index (χ0n) is 27.3. The molecule has 6 aromatic rings. The Morgan fingerprint density at radius 2 is 0.917 bits per heavy atom. The molecule has 0 aliphatic carbocycles. The van der Waals surface area contributed by atoms with Crippen LogP contribution in [0.1, 0.15) is 44.5 Å². The van der Waals surface area contributed by atoms with Crippen molar-refractivity contribution in [3.05, 3.63) is 190 Å². The van der Waals surface area contributed by atoms with Crippen LogP contribution in [0.15, 0.2) is 146 Å². The van der Waals surface area contributed by atoms with E-state index < -0.39 is 9.39 Å². The minimum atomic E-state index is -1.29. The third kappa shape index (κ3) is 8.61. The lowest BCUT2D eigenvalue weighted by atomic mass is 9.77. The van der Waals surface area contributed by atoms with Gasteiger partial charge >= 0.3 is 0 Å². The average Bonchev–Trinajstić information content (AvgIpc) is 3.09. The molecule has 0 unspecified atom stereocenters. The third-order valence-corrected chi connectivity index (χ3v) is 8.49. The van der Waals surface area contributed by atoms with Crippen LogP contribution in [0.3, 0.4) is 0 Å². The van der Waals surface area contributed by atoms with Crippen LogP contribution in [-0.2, 0) is 9.39 Å². The molecule has 1 heterocycles. The third-order valence-electron chi connectivity index (χ3n) is 7.84. The first-order valence-corrected chi connectivity index (χ1v) is 16.7. The summed E-state index contributed by atoms with van der Waals surface area (Å²) in [6.07, 6.45) is 0. The van der Waals surface area contributed by atoms with Crippen LogP contribution in [0, 0.1) is 27.7 Å². The molecule has 0 atom stereocenters. The predicted molar refractivity (Wildman–Crippen MR) is 199 cm³/mol. The number of halogens is 3. The molecule has 0 spiro atoms. The summed E-state index contributed by atoms with van der Waals surface area (Å²) in [6.45, 7) is 8.18. The van der Waals surface area contributed by atoms with Gasteiger partial charge in [-0.2, -0.15) is 0 Å². The van der Waals surface area contributed by atoms with E-state index in [0.717, 1.165) is 39.3 Å². The van der Waals surface area contributed by atoms with E-state index >= 15 is 0 Å². The van der Waals surface area contributed by atoms with Gasteiger partial charge in [-0.1, -0.05) is 154 Å². The van der Waals surface area contributed by atoms with E-state index in [2.05, 4.69) is 13.8 Å². The van der Waals surface area contributed by atoms with Crippen molar-refractivity contribution in [1.29, 1.82) is 0 Å². The molecule has 0 radical (unpaired) electrons. The van der Waals surface area contributed by atoms with Crippen molar-refractivity contribution in [2.24, 2.45) is 0 Å². The normalized spacial score (nSPS) is 12.5. The Kier molecular flexibility index (Phi) is 11.2. The van der Waals surface area contributed by atoms with Gasteiger partial charge in [0.25, 0.3) is 0 Å². The highest BCUT2D eigenvalue weighted by molar-refractivity contribution is 6.66. The molecule has 3 nitrogen and oxygen atoms in total. The van der Waals surface area contributed by atoms with Gasteiger partial charge in [-0.25, -0.2) is 0 Å². The van der Waals surface area contributed by atoms with Gasteiger partial charge in [0.05, 0.1) is 0 Å². The lowest BCUT2D eigenvalue weighted by molar-refractivity contribution is 0.112. The van der Waals surface area contributed by atoms with Gasteiger partial charge in [0, 0.05) is 16.7 Å². The summed E-state index contributed by atoms with van der Waals surface area (Å²) >= 11 is 16.8. The van der Waals surface area contributed by atoms with Crippen molar-refractivity contribution in [3.63, 3.8) is 0 Å². The highest BCUT2D eigenvalue weighted by Crippen LogP contribution is 2.50. The van der Waals surface area contributed by atoms with Crippen molar-refractivity contribution >= 4 is 34.8 Å². The summed E-state index contributed by atoms with van der Waals surface area (Å²) in [6, 6.07) is 46.9. The Morgan fingerprint density at radius 3 is 1.31 bits per heavy atom. The second kappa shape index (κ2) is 15.3. The van der Waals surface area contributed by atoms with Crippen LogP contribution >= 0.6 is 34.8 Å². The molecule has 7 rings (SSSR count). The zero-order valence-corrected chi connectivity index (χ0v) is 29.5. The second-order valence-electron chi connectivity index (χ2n) is 11.8. The van der Waals surface area contributed by atoms with Gasteiger partial charge in [0.1, 0.15) is 28.6 Å². The standard InChI is InChI=1S/C21H18O2.C14H14O.C7H5Cl3/c1-14-8-10-19-17(12-14)21(22,16-6-4-3-5-7-16)18-13-15(2)9-11-20(18)23-19;1-11-3-7-13(8-4-11)15-14-9-5-12(2)6-10-14;8-7(9,10)6-4-2-1-3-5-6/h3-13,22H,1-2H3;3-10H,1-2H3;1-5H. The highest BCUT2D eigenvalue weighted by atomic mass is 35.6. The van der Waals surface area contributed by atoms with Crippen LogP contribution in [0.2, 0.25) is 0 Å². The monoisotopic (exact) mass is 694 g/mol. The van der Waals surface area contributed by atoms with Gasteiger partial charge < -0.3 is 14.6 Å². The fraction of sp³-hybridized carbons (Fsp3) is 0.143. The first-order valence-electron chi connectivity index (χ1n) is 15.5. The summed E-state index contributed by atoms with van der Waals surface area (Å²) in [5, 5.41) is 11.8. The predicted octanol–water partition coefficient (Wildman–Crippen LogP) is 12.3. The summed E-state index contributed by atoms with van der Waals surface area (Å²) in [4.78, 5) is 0. The minimum Gasteiger partial charge on any atom is -0.457 e. The Morgan fingerprint density at radius 1 is 0.521 bits per heavy atom. The molecule has 48 heavy (non-hydrogen) atoms. The number of benzene rings is 6. The largest absolute Gasteiger partial charge is 0.457 e. The van der Waals surface area contributed by atoms with Crippen molar-refractivity contribution in [1.82, 2.24) is 0 Å². The highest BCUT2D eigenvalue weighted by Gasteiger charge is 2.42. The number of aryl methyl sites for hydroxylation is 4. The number of rotatable bonds is 3. The quantitative estimate of drug-likeness (QED) is 0.187. The molecule has 1 aliphatic heterocycles. The van der Waals surface area contributed by atoms with Gasteiger partial charge in [0.15, 0.2) is 0 Å². The molecule has 0 aromatic heterocycles. The Labute approximate surface area is 298 Å². The van der Waals surface area contributed by atoms with Gasteiger partial charge in [-0.15, -0.1) is 0 Å². The molecule has 6 aromatic carbocycles. The van der Waals surface area contributed by atoms with Crippen LogP contribution < -0.4 is 9.47 Å². The van der Waals surface area contributed by atoms with Crippen molar-refractivity contribution in [2.75, 3.05) is 0 Å². The van der Waals surface area contributed by atoms with E-state index in [9.17, 15) is 5.11 Å². The van der Waals surface area contributed by atoms with Crippen LogP contribution in [0.4, 0.5) is 0 Å². The Balaban J connectivity index is 0.000000155. The fourth-order valence-corrected chi connectivity index (χ4v) is 5.64. The van der Waals surface area contributed by atoms with Gasteiger partial charge in [-0.05, 0) is 81.8 Å². The zero-order chi connectivity index (χ0) is 34.3. The lowest BCUT2D eigenvalue weighted by Gasteiger charge is -2.37. The molecular weight excluding hydrogens is 659 g/mol. The first kappa shape index (κ1) is 35.1. The molecule has 1 aliphatic rings. The minimum absolute atomic E-state index is 0.694. The van der Waals surface area contributed by atoms with E-state index in [1.807, 2.05) is 147 Å². The molecule has 6 heteroatoms. The van der Waals surface area contributed by atoms with Crippen LogP contribution in [-0.4, -0.2) is 5.11 Å². The van der Waals surface area contributed by atoms with E-state index in [-0.39, 0.29) is 0 Å². The van der Waals surface area contributed by atoms with Crippen molar-refractivity contribution in [3.8, 4) is 23.0 Å². The lowest BCUT2D eigenvalue weighted by Crippen LogP contribution is -2.32. The number of hydrogen-bond acceptors (Lipinski definition) is 3. The SMILES string of the molecule is Cc1ccc(Oc2ccc(C)cc2)cc1.Cc1ccc2c(c1)C(O)(c1ccccc1)c1cc(C)ccc1O2.ClC(Cl)(Cl)c1ccccc1. The molecule has 1 N–H and O–H groups in total. The molecule has 0 saturated heterocycles. The van der Waals surface area contributed by atoms with E-state index in [1.165, 1.54) is 11.1 Å². The number of ether oxygens (including phenoxy) is 2. The Bertz CT molecular complexity index is 1840. The van der Waals surface area contributed by atoms with E-state index in [1.54, 1.807) is 12.1 Å². The maximum absolute atomic E-state index is 11.8. The number of hydrogen-bond donors (Lipinski definition) is 1. The maximum atomic E-state index is 11.8. The summed E-state index contributed by atoms with van der Waals surface area (Å²) in [7, 11) is 0. The van der Waals surface area contributed by atoms with Crippen molar-refractivity contribution < 1.29 is 14.6 Å². The summed E-state index contributed by atoms with van der Waals surface area (Å²) in [5.41, 5.74) is 6.60. The summed E-state index contributed by atoms with van der Waals surface area (Å²) in [5.74, 6) is 3.17. The van der Waals surface area contributed by atoms with E-state index in [4.69, 9.17) is 44.3 Å². The number of aliphatic hydroxyl groups is 1. The number of fused-ring (bicyclic) bond motifs is 2. The molecule has 0 fully saturated rings. The smallest absolute Gasteiger partial charge is 0.216 e. The Hall–Kier alpha value is -4.25. The second-order valence-corrected chi connectivity index (χ2v) is 14.1. The maximum Gasteiger partial charge on any atom is 0.216 e. The van der Waals surface area contributed by atoms with E-state index in [0.29, 0.717) is 17.1 Å². The molecule has 244 valence electrons. The van der Waals surface area contributed by atoms with Gasteiger partial charge in [0.2, 0.25) is 3.79 Å². The molecule has 0 saturated carbocycles. The fourth-order valence-electron chi connectivity index (χ4n) is 5.26. The molecular formula is C42H37Cl3O3. The molecule has 0 amide bonds. The van der Waals surface area contributed by atoms with Gasteiger partial charge in [-0.3, -0.25) is 0 Å².